The molecule has 2 N–H and O–H groups in total. The number of hydrogen-bond donors (Lipinski definition) is 1. The first-order valence-corrected chi connectivity index (χ1v) is 8.43. The molecule has 9 nitrogen and oxygen atoms in total. The van der Waals surface area contributed by atoms with Crippen LogP contribution >= 0.6 is 0 Å². The van der Waals surface area contributed by atoms with Crippen molar-refractivity contribution in [1.82, 2.24) is 4.98 Å². The van der Waals surface area contributed by atoms with Crippen LogP contribution in [-0.4, -0.2) is 34.6 Å². The van der Waals surface area contributed by atoms with E-state index < -0.39 is 10.5 Å². The van der Waals surface area contributed by atoms with Crippen LogP contribution in [0.1, 0.15) is 20.3 Å². The molecule has 0 fully saturated rings. The summed E-state index contributed by atoms with van der Waals surface area (Å²) in [7, 11) is 0. The second kappa shape index (κ2) is 7.10. The summed E-state index contributed by atoms with van der Waals surface area (Å²) >= 11 is 0. The Labute approximate surface area is 155 Å². The maximum Gasteiger partial charge on any atom is 0.366 e. The van der Waals surface area contributed by atoms with E-state index in [2.05, 4.69) is 4.98 Å². The van der Waals surface area contributed by atoms with Crippen LogP contribution in [0.4, 0.5) is 17.3 Å². The van der Waals surface area contributed by atoms with Crippen molar-refractivity contribution in [1.29, 1.82) is 0 Å². The maximum absolute atomic E-state index is 12.7. The molecule has 1 aromatic heterocycles. The van der Waals surface area contributed by atoms with Gasteiger partial charge in [-0.15, -0.1) is 0 Å². The van der Waals surface area contributed by atoms with Crippen LogP contribution in [0.15, 0.2) is 36.4 Å². The fourth-order valence-electron chi connectivity index (χ4n) is 2.72. The number of ether oxygens (including phenoxy) is 2. The number of nitrogens with zero attached hydrogens (tertiary/aromatic N) is 3. The Kier molecular flexibility index (Phi) is 4.85. The van der Waals surface area contributed by atoms with Crippen molar-refractivity contribution in [3.05, 3.63) is 46.5 Å². The first kappa shape index (κ1) is 18.4. The lowest BCUT2D eigenvalue weighted by Crippen LogP contribution is -2.53. The Morgan fingerprint density at radius 3 is 2.63 bits per heavy atom. The number of hydrogen-bond acceptors (Lipinski definition) is 7. The molecule has 1 amide bonds. The smallest absolute Gasteiger partial charge is 0.366 e. The van der Waals surface area contributed by atoms with E-state index in [0.29, 0.717) is 36.8 Å². The molecule has 142 valence electrons. The number of aromatic nitrogens is 1. The van der Waals surface area contributed by atoms with Gasteiger partial charge in [0.15, 0.2) is 11.4 Å². The maximum atomic E-state index is 12.7. The molecule has 0 aliphatic carbocycles. The molecular formula is C18H20N4O5. The number of amides is 1. The van der Waals surface area contributed by atoms with Gasteiger partial charge in [0, 0.05) is 18.3 Å². The minimum atomic E-state index is -1.08. The normalized spacial score (nSPS) is 15.0. The summed E-state index contributed by atoms with van der Waals surface area (Å²) in [4.78, 5) is 28.5. The number of pyridine rings is 1. The molecule has 0 saturated carbocycles. The highest BCUT2D eigenvalue weighted by Crippen LogP contribution is 2.37. The van der Waals surface area contributed by atoms with Crippen LogP contribution in [0, 0.1) is 10.1 Å². The van der Waals surface area contributed by atoms with E-state index in [9.17, 15) is 14.9 Å². The van der Waals surface area contributed by atoms with Gasteiger partial charge in [0.05, 0.1) is 6.61 Å². The van der Waals surface area contributed by atoms with Gasteiger partial charge >= 0.3 is 5.82 Å². The van der Waals surface area contributed by atoms with Crippen molar-refractivity contribution >= 4 is 23.2 Å². The monoisotopic (exact) mass is 372 g/mol. The Morgan fingerprint density at radius 1 is 1.26 bits per heavy atom. The van der Waals surface area contributed by atoms with E-state index in [1.807, 2.05) is 0 Å². The van der Waals surface area contributed by atoms with Gasteiger partial charge in [-0.25, -0.2) is 0 Å². The van der Waals surface area contributed by atoms with Crippen molar-refractivity contribution in [3.63, 3.8) is 0 Å². The van der Waals surface area contributed by atoms with E-state index >= 15 is 0 Å². The Hall–Kier alpha value is -3.36. The van der Waals surface area contributed by atoms with E-state index in [4.69, 9.17) is 15.2 Å². The first-order chi connectivity index (χ1) is 12.8. The lowest BCUT2D eigenvalue weighted by Gasteiger charge is -2.35. The molecule has 0 radical (unpaired) electrons. The highest BCUT2D eigenvalue weighted by molar-refractivity contribution is 6.01. The SMILES string of the molecule is CC1(C)Oc2ccc([N+](=O)[O-])nc2N(CCCOc2ccc(N)cc2)C1=O. The summed E-state index contributed by atoms with van der Waals surface area (Å²) < 4.78 is 11.3. The Balaban J connectivity index is 1.73. The number of anilines is 2. The molecule has 3 rings (SSSR count). The van der Waals surface area contributed by atoms with Gasteiger partial charge in [-0.3, -0.25) is 9.69 Å². The zero-order valence-corrected chi connectivity index (χ0v) is 15.0. The Bertz CT molecular complexity index is 867. The number of rotatable bonds is 6. The van der Waals surface area contributed by atoms with Crippen LogP contribution < -0.4 is 20.1 Å². The molecule has 0 bridgehead atoms. The molecule has 27 heavy (non-hydrogen) atoms. The first-order valence-electron chi connectivity index (χ1n) is 8.43. The highest BCUT2D eigenvalue weighted by atomic mass is 16.6. The third-order valence-electron chi connectivity index (χ3n) is 4.07. The zero-order valence-electron chi connectivity index (χ0n) is 15.0. The number of fused-ring (bicyclic) bond motifs is 1. The van der Waals surface area contributed by atoms with Crippen LogP contribution in [0.5, 0.6) is 11.5 Å². The molecule has 1 aliphatic rings. The van der Waals surface area contributed by atoms with Gasteiger partial charge in [-0.05, 0) is 60.5 Å². The molecule has 0 unspecified atom stereocenters. The average molecular weight is 372 g/mol. The van der Waals surface area contributed by atoms with Crippen LogP contribution in [-0.2, 0) is 4.79 Å². The molecule has 1 aliphatic heterocycles. The van der Waals surface area contributed by atoms with Crippen molar-refractivity contribution in [2.75, 3.05) is 23.8 Å². The van der Waals surface area contributed by atoms with E-state index in [0.717, 1.165) is 0 Å². The quantitative estimate of drug-likeness (QED) is 0.358. The number of nitrogen functional groups attached to an aromatic ring is 1. The summed E-state index contributed by atoms with van der Waals surface area (Å²) in [5, 5.41) is 11.0. The van der Waals surface area contributed by atoms with Crippen molar-refractivity contribution in [2.45, 2.75) is 25.9 Å². The number of nitro groups is 1. The molecule has 0 saturated heterocycles. The predicted molar refractivity (Wildman–Crippen MR) is 98.9 cm³/mol. The fourth-order valence-corrected chi connectivity index (χ4v) is 2.72. The Morgan fingerprint density at radius 2 is 1.96 bits per heavy atom. The second-order valence-electron chi connectivity index (χ2n) is 6.59. The molecule has 2 heterocycles. The number of nitrogens with two attached hydrogens (primary N) is 1. The summed E-state index contributed by atoms with van der Waals surface area (Å²) in [5.74, 6) is 0.515. The molecular weight excluding hydrogens is 352 g/mol. The molecule has 0 spiro atoms. The van der Waals surface area contributed by atoms with Gasteiger partial charge in [0.1, 0.15) is 5.75 Å². The highest BCUT2D eigenvalue weighted by Gasteiger charge is 2.44. The van der Waals surface area contributed by atoms with Gasteiger partial charge in [-0.2, -0.15) is 0 Å². The van der Waals surface area contributed by atoms with Crippen LogP contribution in [0.25, 0.3) is 0 Å². The number of benzene rings is 1. The third kappa shape index (κ3) is 3.91. The van der Waals surface area contributed by atoms with Crippen molar-refractivity contribution in [2.24, 2.45) is 0 Å². The third-order valence-corrected chi connectivity index (χ3v) is 4.07. The summed E-state index contributed by atoms with van der Waals surface area (Å²) in [5.41, 5.74) is 5.20. The lowest BCUT2D eigenvalue weighted by atomic mass is 10.1. The van der Waals surface area contributed by atoms with Gasteiger partial charge in [0.25, 0.3) is 11.7 Å². The van der Waals surface area contributed by atoms with Crippen LogP contribution in [0.2, 0.25) is 0 Å². The largest absolute Gasteiger partial charge is 0.494 e. The predicted octanol–water partition coefficient (Wildman–Crippen LogP) is 2.55. The van der Waals surface area contributed by atoms with Gasteiger partial charge in [0.2, 0.25) is 0 Å². The van der Waals surface area contributed by atoms with Crippen molar-refractivity contribution < 1.29 is 19.2 Å². The lowest BCUT2D eigenvalue weighted by molar-refractivity contribution is -0.389. The van der Waals surface area contributed by atoms with E-state index in [1.165, 1.54) is 17.0 Å². The minimum Gasteiger partial charge on any atom is -0.494 e. The van der Waals surface area contributed by atoms with Crippen molar-refractivity contribution in [3.8, 4) is 11.5 Å². The molecule has 1 aromatic carbocycles. The van der Waals surface area contributed by atoms with E-state index in [-0.39, 0.29) is 17.5 Å². The average Bonchev–Trinajstić information content (AvgIpc) is 2.62. The second-order valence-corrected chi connectivity index (χ2v) is 6.59. The molecule has 2 aromatic rings. The summed E-state index contributed by atoms with van der Waals surface area (Å²) in [6.07, 6.45) is 0.510. The van der Waals surface area contributed by atoms with Crippen LogP contribution in [0.3, 0.4) is 0 Å². The molecule has 0 atom stereocenters. The fraction of sp³-hybridized carbons (Fsp3) is 0.333. The number of carbonyl (C=O) groups excluding carboxylic acids is 1. The zero-order chi connectivity index (χ0) is 19.6. The standard InChI is InChI=1S/C18H20N4O5/c1-18(2)17(23)21(10-3-11-26-13-6-4-12(19)5-7-13)16-14(27-18)8-9-15(20-16)22(24)25/h4-9H,3,10-11,19H2,1-2H3. The van der Waals surface area contributed by atoms with E-state index in [1.54, 1.807) is 38.1 Å². The van der Waals surface area contributed by atoms with Gasteiger partial charge in [-0.1, -0.05) is 0 Å². The minimum absolute atomic E-state index is 0.154. The topological polar surface area (TPSA) is 121 Å². The number of carbonyl (C=O) groups is 1. The summed E-state index contributed by atoms with van der Waals surface area (Å²) in [6, 6.07) is 9.72. The summed E-state index contributed by atoms with van der Waals surface area (Å²) in [6.45, 7) is 3.95. The molecule has 9 heteroatoms. The van der Waals surface area contributed by atoms with Gasteiger partial charge < -0.3 is 25.3 Å².